The molecule has 8 nitrogen and oxygen atoms in total. The van der Waals surface area contributed by atoms with Crippen molar-refractivity contribution < 1.29 is 9.53 Å². The molecule has 8 heteroatoms. The van der Waals surface area contributed by atoms with Crippen LogP contribution in [-0.4, -0.2) is 38.9 Å². The van der Waals surface area contributed by atoms with Gasteiger partial charge in [0.15, 0.2) is 5.65 Å². The zero-order valence-electron chi connectivity index (χ0n) is 15.1. The smallest absolute Gasteiger partial charge is 0.281 e. The molecule has 0 unspecified atom stereocenters. The Morgan fingerprint density at radius 3 is 2.71 bits per heavy atom. The zero-order valence-corrected chi connectivity index (χ0v) is 15.1. The molecule has 2 aromatic carbocycles. The maximum atomic E-state index is 12.6. The average Bonchev–Trinajstić information content (AvgIpc) is 3.44. The third-order valence-corrected chi connectivity index (χ3v) is 4.90. The van der Waals surface area contributed by atoms with Crippen molar-refractivity contribution in [2.24, 2.45) is 0 Å². The Labute approximate surface area is 159 Å². The van der Waals surface area contributed by atoms with Crippen molar-refractivity contribution in [2.75, 3.05) is 7.11 Å². The van der Waals surface area contributed by atoms with Crippen LogP contribution in [0.15, 0.2) is 47.3 Å². The highest BCUT2D eigenvalue weighted by Crippen LogP contribution is 2.25. The number of nitrogens with one attached hydrogen (secondary N) is 2. The largest absolute Gasteiger partial charge is 0.497 e. The second-order valence-electron chi connectivity index (χ2n) is 6.84. The summed E-state index contributed by atoms with van der Waals surface area (Å²) in [5.41, 5.74) is 2.45. The van der Waals surface area contributed by atoms with Gasteiger partial charge >= 0.3 is 0 Å². The predicted octanol–water partition coefficient (Wildman–Crippen LogP) is 2.14. The van der Waals surface area contributed by atoms with Crippen molar-refractivity contribution in [1.82, 2.24) is 25.1 Å². The molecule has 2 aromatic heterocycles. The molecule has 1 aliphatic rings. The molecule has 5 rings (SSSR count). The SMILES string of the molecule is COc1ccc(-c2n[nH]n3c2nc(=O)c2ccc(C(=O)NC4CC4)cc23)cc1. The number of aromatic amines is 1. The van der Waals surface area contributed by atoms with Gasteiger partial charge in [0.05, 0.1) is 18.0 Å². The van der Waals surface area contributed by atoms with Crippen LogP contribution in [0, 0.1) is 0 Å². The third kappa shape index (κ3) is 2.70. The molecule has 0 saturated heterocycles. The van der Waals surface area contributed by atoms with E-state index in [0.29, 0.717) is 27.8 Å². The van der Waals surface area contributed by atoms with Gasteiger partial charge in [0.2, 0.25) is 0 Å². The second kappa shape index (κ2) is 6.19. The number of hydrogen-bond donors (Lipinski definition) is 2. The molecule has 1 aliphatic carbocycles. The fourth-order valence-corrected chi connectivity index (χ4v) is 3.21. The van der Waals surface area contributed by atoms with Gasteiger partial charge in [0.25, 0.3) is 11.5 Å². The lowest BCUT2D eigenvalue weighted by Crippen LogP contribution is -2.25. The maximum absolute atomic E-state index is 12.6. The highest BCUT2D eigenvalue weighted by molar-refractivity contribution is 5.98. The van der Waals surface area contributed by atoms with E-state index in [4.69, 9.17) is 4.74 Å². The minimum absolute atomic E-state index is 0.141. The van der Waals surface area contributed by atoms with Crippen LogP contribution in [0.1, 0.15) is 23.2 Å². The van der Waals surface area contributed by atoms with Gasteiger partial charge in [-0.05, 0) is 55.3 Å². The number of hydrogen-bond acceptors (Lipinski definition) is 5. The monoisotopic (exact) mass is 375 g/mol. The molecule has 4 aromatic rings. The number of carbonyl (C=O) groups is 1. The van der Waals surface area contributed by atoms with Crippen molar-refractivity contribution in [1.29, 1.82) is 0 Å². The van der Waals surface area contributed by atoms with Crippen LogP contribution in [0.2, 0.25) is 0 Å². The first-order chi connectivity index (χ1) is 13.6. The average molecular weight is 375 g/mol. The summed E-state index contributed by atoms with van der Waals surface area (Å²) in [6.45, 7) is 0. The Balaban J connectivity index is 1.66. The van der Waals surface area contributed by atoms with E-state index in [9.17, 15) is 9.59 Å². The highest BCUT2D eigenvalue weighted by Gasteiger charge is 2.24. The molecule has 0 spiro atoms. The molecule has 0 aliphatic heterocycles. The summed E-state index contributed by atoms with van der Waals surface area (Å²) < 4.78 is 6.81. The highest BCUT2D eigenvalue weighted by atomic mass is 16.5. The predicted molar refractivity (Wildman–Crippen MR) is 104 cm³/mol. The molecule has 2 N–H and O–H groups in total. The van der Waals surface area contributed by atoms with Crippen LogP contribution < -0.4 is 15.6 Å². The molecule has 0 bridgehead atoms. The Kier molecular flexibility index (Phi) is 3.65. The normalized spacial score (nSPS) is 13.8. The molecule has 1 amide bonds. The van der Waals surface area contributed by atoms with Gasteiger partial charge in [-0.3, -0.25) is 9.59 Å². The van der Waals surface area contributed by atoms with E-state index in [-0.39, 0.29) is 17.5 Å². The molecule has 1 saturated carbocycles. The van der Waals surface area contributed by atoms with Crippen molar-refractivity contribution >= 4 is 22.5 Å². The number of H-pyrrole nitrogens is 1. The van der Waals surface area contributed by atoms with E-state index in [2.05, 4.69) is 20.6 Å². The quantitative estimate of drug-likeness (QED) is 0.569. The summed E-state index contributed by atoms with van der Waals surface area (Å²) in [7, 11) is 1.60. The van der Waals surface area contributed by atoms with E-state index < -0.39 is 0 Å². The number of methoxy groups -OCH3 is 1. The minimum atomic E-state index is -0.361. The molecule has 28 heavy (non-hydrogen) atoms. The zero-order chi connectivity index (χ0) is 19.3. The van der Waals surface area contributed by atoms with E-state index in [1.807, 2.05) is 24.3 Å². The first kappa shape index (κ1) is 16.5. The molecule has 1 fully saturated rings. The number of aromatic nitrogens is 4. The van der Waals surface area contributed by atoms with Crippen LogP contribution >= 0.6 is 0 Å². The maximum Gasteiger partial charge on any atom is 0.281 e. The van der Waals surface area contributed by atoms with Crippen molar-refractivity contribution in [2.45, 2.75) is 18.9 Å². The van der Waals surface area contributed by atoms with E-state index in [1.165, 1.54) is 0 Å². The van der Waals surface area contributed by atoms with E-state index in [1.54, 1.807) is 29.8 Å². The summed E-state index contributed by atoms with van der Waals surface area (Å²) >= 11 is 0. The standard InChI is InChI=1S/C20H17N5O3/c1-28-14-7-2-11(3-8-14)17-18-22-20(27)15-9-4-12(19(26)21-13-5-6-13)10-16(15)25(18)24-23-17/h2-4,7-10,13,24H,5-6H2,1H3,(H,21,26). The number of amides is 1. The number of benzene rings is 2. The fraction of sp³-hybridized carbons (Fsp3) is 0.200. The van der Waals surface area contributed by atoms with Gasteiger partial charge in [-0.15, -0.1) is 0 Å². The molecule has 2 heterocycles. The third-order valence-electron chi connectivity index (χ3n) is 4.90. The minimum Gasteiger partial charge on any atom is -0.497 e. The summed E-state index contributed by atoms with van der Waals surface area (Å²) in [4.78, 5) is 29.1. The summed E-state index contributed by atoms with van der Waals surface area (Å²) in [6, 6.07) is 12.6. The lowest BCUT2D eigenvalue weighted by Gasteiger charge is -2.06. The van der Waals surface area contributed by atoms with Gasteiger partial charge in [-0.1, -0.05) is 0 Å². The lowest BCUT2D eigenvalue weighted by atomic mass is 10.1. The molecular weight excluding hydrogens is 358 g/mol. The Morgan fingerprint density at radius 2 is 2.00 bits per heavy atom. The Morgan fingerprint density at radius 1 is 1.21 bits per heavy atom. The van der Waals surface area contributed by atoms with Gasteiger partial charge in [0.1, 0.15) is 11.4 Å². The Bertz CT molecular complexity index is 1270. The van der Waals surface area contributed by atoms with Crippen LogP contribution in [0.5, 0.6) is 5.75 Å². The first-order valence-corrected chi connectivity index (χ1v) is 9.00. The molecule has 140 valence electrons. The molecule has 0 radical (unpaired) electrons. The number of ether oxygens (including phenoxy) is 1. The summed E-state index contributed by atoms with van der Waals surface area (Å²) in [5, 5.41) is 10.6. The lowest BCUT2D eigenvalue weighted by molar-refractivity contribution is 0.0951. The van der Waals surface area contributed by atoms with Crippen LogP contribution in [0.25, 0.3) is 27.8 Å². The van der Waals surface area contributed by atoms with Crippen LogP contribution in [-0.2, 0) is 0 Å². The fourth-order valence-electron chi connectivity index (χ4n) is 3.21. The number of fused-ring (bicyclic) bond motifs is 3. The Hall–Kier alpha value is -3.68. The number of nitrogens with zero attached hydrogens (tertiary/aromatic N) is 3. The van der Waals surface area contributed by atoms with Gasteiger partial charge in [-0.2, -0.15) is 10.1 Å². The molecule has 0 atom stereocenters. The van der Waals surface area contributed by atoms with Gasteiger partial charge in [-0.25, -0.2) is 9.73 Å². The van der Waals surface area contributed by atoms with Crippen molar-refractivity contribution in [3.05, 3.63) is 58.4 Å². The van der Waals surface area contributed by atoms with E-state index in [0.717, 1.165) is 24.2 Å². The van der Waals surface area contributed by atoms with Crippen LogP contribution in [0.3, 0.4) is 0 Å². The van der Waals surface area contributed by atoms with Crippen molar-refractivity contribution in [3.63, 3.8) is 0 Å². The number of carbonyl (C=O) groups excluding carboxylic acids is 1. The topological polar surface area (TPSA) is 101 Å². The van der Waals surface area contributed by atoms with Crippen LogP contribution in [0.4, 0.5) is 0 Å². The second-order valence-corrected chi connectivity index (χ2v) is 6.84. The van der Waals surface area contributed by atoms with Gasteiger partial charge in [0, 0.05) is 17.2 Å². The summed E-state index contributed by atoms with van der Waals surface area (Å²) in [6.07, 6.45) is 2.03. The number of rotatable bonds is 4. The first-order valence-electron chi connectivity index (χ1n) is 9.00. The van der Waals surface area contributed by atoms with E-state index >= 15 is 0 Å². The molecular formula is C20H17N5O3. The summed E-state index contributed by atoms with van der Waals surface area (Å²) in [5.74, 6) is 0.586. The van der Waals surface area contributed by atoms with Crippen molar-refractivity contribution in [3.8, 4) is 17.0 Å². The van der Waals surface area contributed by atoms with Gasteiger partial charge < -0.3 is 10.1 Å².